The summed E-state index contributed by atoms with van der Waals surface area (Å²) in [4.78, 5) is 14.4. The highest BCUT2D eigenvalue weighted by molar-refractivity contribution is 5.74. The Morgan fingerprint density at radius 3 is 2.65 bits per heavy atom. The molecule has 1 aliphatic heterocycles. The second-order valence-corrected chi connectivity index (χ2v) is 7.33. The molecule has 1 saturated heterocycles. The molecule has 2 N–H and O–H groups in total. The molecule has 2 rings (SSSR count). The zero-order valence-electron chi connectivity index (χ0n) is 15.0. The van der Waals surface area contributed by atoms with E-state index in [0.29, 0.717) is 25.2 Å². The van der Waals surface area contributed by atoms with E-state index in [2.05, 4.69) is 29.4 Å². The molecule has 0 aromatic rings. The molecule has 5 heteroatoms. The van der Waals surface area contributed by atoms with E-state index < -0.39 is 0 Å². The van der Waals surface area contributed by atoms with Crippen molar-refractivity contribution in [3.8, 4) is 0 Å². The molecular formula is C18H35N3O2. The van der Waals surface area contributed by atoms with Gasteiger partial charge >= 0.3 is 6.03 Å². The van der Waals surface area contributed by atoms with E-state index in [9.17, 15) is 4.79 Å². The molecule has 134 valence electrons. The lowest BCUT2D eigenvalue weighted by Gasteiger charge is -2.29. The Balaban J connectivity index is 1.52. The Bertz CT molecular complexity index is 345. The van der Waals surface area contributed by atoms with Crippen molar-refractivity contribution in [2.75, 3.05) is 32.8 Å². The van der Waals surface area contributed by atoms with Gasteiger partial charge in [0.25, 0.3) is 0 Å². The van der Waals surface area contributed by atoms with Crippen molar-refractivity contribution in [2.45, 2.75) is 70.9 Å². The molecule has 1 heterocycles. The average molecular weight is 325 g/mol. The van der Waals surface area contributed by atoms with Crippen LogP contribution in [-0.2, 0) is 4.74 Å². The number of nitrogens with zero attached hydrogens (tertiary/aromatic N) is 1. The minimum absolute atomic E-state index is 0.0743. The number of nitrogens with one attached hydrogen (secondary N) is 2. The van der Waals surface area contributed by atoms with Crippen molar-refractivity contribution in [2.24, 2.45) is 5.92 Å². The molecular weight excluding hydrogens is 290 g/mol. The van der Waals surface area contributed by atoms with E-state index in [1.165, 1.54) is 58.0 Å². The minimum atomic E-state index is -0.0743. The summed E-state index contributed by atoms with van der Waals surface area (Å²) in [7, 11) is 0. The van der Waals surface area contributed by atoms with E-state index in [0.717, 1.165) is 6.54 Å². The lowest BCUT2D eigenvalue weighted by molar-refractivity contribution is -0.00245. The third-order valence-corrected chi connectivity index (χ3v) is 5.11. The third kappa shape index (κ3) is 7.08. The third-order valence-electron chi connectivity index (χ3n) is 5.11. The summed E-state index contributed by atoms with van der Waals surface area (Å²) in [6, 6.07) is 0.113. The van der Waals surface area contributed by atoms with Gasteiger partial charge in [-0.05, 0) is 51.6 Å². The molecule has 5 nitrogen and oxygen atoms in total. The summed E-state index contributed by atoms with van der Waals surface area (Å²) in [5, 5.41) is 5.94. The van der Waals surface area contributed by atoms with Gasteiger partial charge in [-0.15, -0.1) is 0 Å². The van der Waals surface area contributed by atoms with Gasteiger partial charge in [0.1, 0.15) is 0 Å². The van der Waals surface area contributed by atoms with Crippen LogP contribution in [0.4, 0.5) is 4.79 Å². The molecule has 2 amide bonds. The van der Waals surface area contributed by atoms with Crippen molar-refractivity contribution >= 4 is 6.03 Å². The first kappa shape index (κ1) is 18.5. The number of hydrogen-bond donors (Lipinski definition) is 2. The van der Waals surface area contributed by atoms with Crippen molar-refractivity contribution < 1.29 is 9.53 Å². The van der Waals surface area contributed by atoms with Crippen LogP contribution < -0.4 is 10.6 Å². The van der Waals surface area contributed by atoms with E-state index in [1.807, 2.05) is 0 Å². The Morgan fingerprint density at radius 1 is 1.17 bits per heavy atom. The normalized spacial score (nSPS) is 27.4. The molecule has 3 unspecified atom stereocenters. The second-order valence-electron chi connectivity index (χ2n) is 7.33. The number of carbonyl (C=O) groups excluding carboxylic acids is 1. The fraction of sp³-hybridized carbons (Fsp3) is 0.944. The van der Waals surface area contributed by atoms with Gasteiger partial charge in [-0.25, -0.2) is 4.79 Å². The molecule has 0 aromatic carbocycles. The predicted molar refractivity (Wildman–Crippen MR) is 93.7 cm³/mol. The first-order valence-electron chi connectivity index (χ1n) is 9.53. The highest BCUT2D eigenvalue weighted by Gasteiger charge is 2.21. The van der Waals surface area contributed by atoms with Gasteiger partial charge in [0.05, 0.1) is 12.7 Å². The van der Waals surface area contributed by atoms with Crippen LogP contribution in [0.2, 0.25) is 0 Å². The van der Waals surface area contributed by atoms with Crippen LogP contribution >= 0.6 is 0 Å². The standard InChI is InChI=1S/C18H35N3O2/c1-15-8-4-5-9-17(15)23-13-10-19-18(22)20-16(2)14-21-11-6-3-7-12-21/h15-17H,3-14H2,1-2H3,(H2,19,20,22). The summed E-state index contributed by atoms with van der Waals surface area (Å²) in [5.74, 6) is 0.655. The lowest BCUT2D eigenvalue weighted by Crippen LogP contribution is -2.47. The quantitative estimate of drug-likeness (QED) is 0.708. The van der Waals surface area contributed by atoms with Gasteiger partial charge in [-0.1, -0.05) is 26.2 Å². The molecule has 1 saturated carbocycles. The van der Waals surface area contributed by atoms with E-state index in [4.69, 9.17) is 4.74 Å². The zero-order chi connectivity index (χ0) is 16.5. The summed E-state index contributed by atoms with van der Waals surface area (Å²) >= 11 is 0. The van der Waals surface area contributed by atoms with Crippen LogP contribution in [0.5, 0.6) is 0 Å². The largest absolute Gasteiger partial charge is 0.376 e. The minimum Gasteiger partial charge on any atom is -0.376 e. The Labute approximate surface area is 141 Å². The van der Waals surface area contributed by atoms with Gasteiger partial charge in [0, 0.05) is 19.1 Å². The molecule has 23 heavy (non-hydrogen) atoms. The Kier molecular flexibility index (Phi) is 8.17. The first-order chi connectivity index (χ1) is 11.1. The number of rotatable bonds is 7. The number of carbonyl (C=O) groups is 1. The van der Waals surface area contributed by atoms with Crippen LogP contribution in [0.25, 0.3) is 0 Å². The van der Waals surface area contributed by atoms with E-state index in [1.54, 1.807) is 0 Å². The van der Waals surface area contributed by atoms with Crippen molar-refractivity contribution in [3.05, 3.63) is 0 Å². The fourth-order valence-electron chi connectivity index (χ4n) is 3.75. The lowest BCUT2D eigenvalue weighted by atomic mass is 9.88. The number of ether oxygens (including phenoxy) is 1. The van der Waals surface area contributed by atoms with E-state index in [-0.39, 0.29) is 12.1 Å². The van der Waals surface area contributed by atoms with Crippen molar-refractivity contribution in [1.82, 2.24) is 15.5 Å². The van der Waals surface area contributed by atoms with Crippen LogP contribution in [-0.4, -0.2) is 55.9 Å². The van der Waals surface area contributed by atoms with Gasteiger partial charge < -0.3 is 20.3 Å². The second kappa shape index (κ2) is 10.1. The maximum absolute atomic E-state index is 11.9. The van der Waals surface area contributed by atoms with Gasteiger partial charge in [-0.3, -0.25) is 0 Å². The smallest absolute Gasteiger partial charge is 0.315 e. The number of likely N-dealkylation sites (tertiary alicyclic amines) is 1. The molecule has 0 spiro atoms. The average Bonchev–Trinajstić information content (AvgIpc) is 2.54. The molecule has 3 atom stereocenters. The molecule has 0 aromatic heterocycles. The monoisotopic (exact) mass is 325 g/mol. The summed E-state index contributed by atoms with van der Waals surface area (Å²) < 4.78 is 5.92. The fourth-order valence-corrected chi connectivity index (χ4v) is 3.75. The molecule has 2 fully saturated rings. The van der Waals surface area contributed by atoms with Gasteiger partial charge in [-0.2, -0.15) is 0 Å². The predicted octanol–water partition coefficient (Wildman–Crippen LogP) is 2.76. The SMILES string of the molecule is CC(CN1CCCCC1)NC(=O)NCCOC1CCCCC1C. The number of hydrogen-bond acceptors (Lipinski definition) is 3. The summed E-state index contributed by atoms with van der Waals surface area (Å²) in [6.45, 7) is 8.83. The van der Waals surface area contributed by atoms with Crippen LogP contribution in [0.1, 0.15) is 58.8 Å². The van der Waals surface area contributed by atoms with Crippen molar-refractivity contribution in [3.63, 3.8) is 0 Å². The highest BCUT2D eigenvalue weighted by atomic mass is 16.5. The summed E-state index contributed by atoms with van der Waals surface area (Å²) in [6.07, 6.45) is 9.34. The van der Waals surface area contributed by atoms with Crippen LogP contribution in [0, 0.1) is 5.92 Å². The highest BCUT2D eigenvalue weighted by Crippen LogP contribution is 2.25. The molecule has 0 bridgehead atoms. The topological polar surface area (TPSA) is 53.6 Å². The van der Waals surface area contributed by atoms with Crippen LogP contribution in [0.15, 0.2) is 0 Å². The van der Waals surface area contributed by atoms with E-state index >= 15 is 0 Å². The zero-order valence-corrected chi connectivity index (χ0v) is 15.0. The van der Waals surface area contributed by atoms with Crippen molar-refractivity contribution in [1.29, 1.82) is 0 Å². The Hall–Kier alpha value is -0.810. The molecule has 0 radical (unpaired) electrons. The maximum atomic E-state index is 11.9. The number of urea groups is 1. The van der Waals surface area contributed by atoms with Gasteiger partial charge in [0.2, 0.25) is 0 Å². The molecule has 2 aliphatic rings. The number of piperidine rings is 1. The maximum Gasteiger partial charge on any atom is 0.315 e. The Morgan fingerprint density at radius 2 is 1.91 bits per heavy atom. The first-order valence-corrected chi connectivity index (χ1v) is 9.53. The summed E-state index contributed by atoms with van der Waals surface area (Å²) in [5.41, 5.74) is 0. The van der Waals surface area contributed by atoms with Crippen LogP contribution in [0.3, 0.4) is 0 Å². The molecule has 1 aliphatic carbocycles. The number of amides is 2. The van der Waals surface area contributed by atoms with Gasteiger partial charge in [0.15, 0.2) is 0 Å².